The molecule has 3 atom stereocenters. The Balaban J connectivity index is 2.10. The second-order valence-electron chi connectivity index (χ2n) is 7.58. The molecule has 2 unspecified atom stereocenters. The van der Waals surface area contributed by atoms with Crippen LogP contribution in [0.2, 0.25) is 0 Å². The Bertz CT molecular complexity index is 866. The Hall–Kier alpha value is -2.86. The van der Waals surface area contributed by atoms with Crippen molar-refractivity contribution in [3.63, 3.8) is 0 Å². The molecule has 1 heterocycles. The molecule has 2 aromatic carbocycles. The molecule has 0 aliphatic carbocycles. The summed E-state index contributed by atoms with van der Waals surface area (Å²) in [4.78, 5) is 27.9. The van der Waals surface area contributed by atoms with E-state index in [2.05, 4.69) is 5.32 Å². The molecule has 6 heteroatoms. The van der Waals surface area contributed by atoms with Crippen molar-refractivity contribution < 1.29 is 14.3 Å². The number of rotatable bonds is 6. The zero-order valence-corrected chi connectivity index (χ0v) is 17.2. The van der Waals surface area contributed by atoms with Gasteiger partial charge in [0.15, 0.2) is 0 Å². The largest absolute Gasteiger partial charge is 0.496 e. The fourth-order valence-corrected chi connectivity index (χ4v) is 3.85. The number of anilines is 1. The van der Waals surface area contributed by atoms with Gasteiger partial charge in [-0.25, -0.2) is 0 Å². The molecule has 0 aromatic heterocycles. The Morgan fingerprint density at radius 3 is 2.59 bits per heavy atom. The normalized spacial score (nSPS) is 20.3. The van der Waals surface area contributed by atoms with Crippen LogP contribution in [0.3, 0.4) is 0 Å². The maximum Gasteiger partial charge on any atom is 0.227 e. The van der Waals surface area contributed by atoms with Crippen molar-refractivity contribution >= 4 is 17.5 Å². The number of hydrogen-bond donors (Lipinski definition) is 2. The molecule has 0 bridgehead atoms. The minimum atomic E-state index is -0.458. The molecule has 2 aromatic rings. The molecule has 0 spiro atoms. The van der Waals surface area contributed by atoms with Crippen LogP contribution in [0.5, 0.6) is 5.75 Å². The maximum atomic E-state index is 13.1. The zero-order valence-electron chi connectivity index (χ0n) is 17.2. The average molecular weight is 396 g/mol. The number of hydrogen-bond acceptors (Lipinski definition) is 4. The molecule has 29 heavy (non-hydrogen) atoms. The van der Waals surface area contributed by atoms with Gasteiger partial charge in [0, 0.05) is 30.3 Å². The lowest BCUT2D eigenvalue weighted by Crippen LogP contribution is -2.50. The van der Waals surface area contributed by atoms with Gasteiger partial charge >= 0.3 is 0 Å². The molecule has 3 N–H and O–H groups in total. The lowest BCUT2D eigenvalue weighted by Gasteiger charge is -2.41. The first-order valence-electron chi connectivity index (χ1n) is 9.98. The summed E-state index contributed by atoms with van der Waals surface area (Å²) in [6, 6.07) is 14.8. The first kappa shape index (κ1) is 20.9. The number of methoxy groups -OCH3 is 1. The van der Waals surface area contributed by atoms with Crippen LogP contribution in [-0.2, 0) is 9.59 Å². The second kappa shape index (κ2) is 9.09. The topological polar surface area (TPSA) is 84.7 Å². The third-order valence-corrected chi connectivity index (χ3v) is 5.45. The van der Waals surface area contributed by atoms with Gasteiger partial charge in [0.2, 0.25) is 11.8 Å². The van der Waals surface area contributed by atoms with Gasteiger partial charge in [-0.15, -0.1) is 0 Å². The highest BCUT2D eigenvalue weighted by molar-refractivity contribution is 5.97. The minimum absolute atomic E-state index is 0.000632. The Morgan fingerprint density at radius 2 is 1.93 bits per heavy atom. The number of nitrogens with one attached hydrogen (secondary N) is 1. The number of carbonyl (C=O) groups is 2. The van der Waals surface area contributed by atoms with Gasteiger partial charge in [-0.05, 0) is 38.5 Å². The van der Waals surface area contributed by atoms with Crippen molar-refractivity contribution in [3.05, 3.63) is 59.7 Å². The number of carbonyl (C=O) groups excluding carboxylic acids is 2. The quantitative estimate of drug-likeness (QED) is 0.788. The highest BCUT2D eigenvalue weighted by Crippen LogP contribution is 2.43. The molecular formula is C23H29N3O3. The predicted molar refractivity (Wildman–Crippen MR) is 114 cm³/mol. The van der Waals surface area contributed by atoms with Crippen LogP contribution in [0, 0.1) is 12.8 Å². The van der Waals surface area contributed by atoms with Gasteiger partial charge in [0.1, 0.15) is 5.75 Å². The molecule has 2 amide bonds. The van der Waals surface area contributed by atoms with Crippen LogP contribution in [0.15, 0.2) is 48.5 Å². The lowest BCUT2D eigenvalue weighted by molar-refractivity contribution is -0.129. The molecule has 1 aliphatic heterocycles. The van der Waals surface area contributed by atoms with E-state index in [-0.39, 0.29) is 17.9 Å². The van der Waals surface area contributed by atoms with E-state index >= 15 is 0 Å². The first-order chi connectivity index (χ1) is 14.0. The van der Waals surface area contributed by atoms with E-state index in [4.69, 9.17) is 10.5 Å². The summed E-state index contributed by atoms with van der Waals surface area (Å²) in [5, 5.41) is 2.99. The van der Waals surface area contributed by atoms with Gasteiger partial charge < -0.3 is 20.7 Å². The van der Waals surface area contributed by atoms with Gasteiger partial charge in [-0.2, -0.15) is 0 Å². The highest BCUT2D eigenvalue weighted by atomic mass is 16.5. The van der Waals surface area contributed by atoms with Crippen LogP contribution in [-0.4, -0.2) is 31.5 Å². The number of para-hydroxylation sites is 1. The van der Waals surface area contributed by atoms with Crippen molar-refractivity contribution in [2.45, 2.75) is 38.8 Å². The number of amides is 2. The monoisotopic (exact) mass is 395 g/mol. The smallest absolute Gasteiger partial charge is 0.227 e. The fraction of sp³-hybridized carbons (Fsp3) is 0.391. The van der Waals surface area contributed by atoms with Gasteiger partial charge in [-0.1, -0.05) is 35.9 Å². The fourth-order valence-electron chi connectivity index (χ4n) is 3.85. The predicted octanol–water partition coefficient (Wildman–Crippen LogP) is 2.95. The van der Waals surface area contributed by atoms with Gasteiger partial charge in [0.25, 0.3) is 0 Å². The van der Waals surface area contributed by atoms with Crippen LogP contribution in [0.25, 0.3) is 0 Å². The molecule has 1 aliphatic rings. The summed E-state index contributed by atoms with van der Waals surface area (Å²) in [5.41, 5.74) is 8.41. The van der Waals surface area contributed by atoms with Crippen molar-refractivity contribution in [2.75, 3.05) is 18.6 Å². The standard InChI is InChI=1S/C23H29N3O3/c1-15-8-10-17(11-9-15)26-21(27)13-12-19(23(28)25-16(2)14-24)22(26)18-6-4-5-7-20(18)29-3/h4-11,16,19,22H,12-14,24H2,1-3H3,(H,25,28)/t16-,19?,22?/m0/s1. The van der Waals surface area contributed by atoms with Crippen LogP contribution >= 0.6 is 0 Å². The molecule has 0 saturated carbocycles. The maximum absolute atomic E-state index is 13.1. The minimum Gasteiger partial charge on any atom is -0.496 e. The third-order valence-electron chi connectivity index (χ3n) is 5.45. The lowest BCUT2D eigenvalue weighted by atomic mass is 9.82. The van der Waals surface area contributed by atoms with Crippen LogP contribution < -0.4 is 20.7 Å². The summed E-state index contributed by atoms with van der Waals surface area (Å²) in [5.74, 6) is 0.164. The van der Waals surface area contributed by atoms with Crippen molar-refractivity contribution in [2.24, 2.45) is 11.7 Å². The summed E-state index contributed by atoms with van der Waals surface area (Å²) in [7, 11) is 1.60. The van der Waals surface area contributed by atoms with E-state index in [1.807, 2.05) is 62.4 Å². The zero-order chi connectivity index (χ0) is 21.0. The number of nitrogens with zero attached hydrogens (tertiary/aromatic N) is 1. The van der Waals surface area contributed by atoms with Crippen molar-refractivity contribution in [1.82, 2.24) is 5.32 Å². The molecular weight excluding hydrogens is 366 g/mol. The molecule has 3 rings (SSSR count). The number of aryl methyl sites for hydroxylation is 1. The number of nitrogens with two attached hydrogens (primary N) is 1. The Morgan fingerprint density at radius 1 is 1.24 bits per heavy atom. The van der Waals surface area contributed by atoms with E-state index in [1.54, 1.807) is 12.0 Å². The summed E-state index contributed by atoms with van der Waals surface area (Å²) >= 11 is 0. The third kappa shape index (κ3) is 4.43. The summed E-state index contributed by atoms with van der Waals surface area (Å²) in [6.07, 6.45) is 0.793. The van der Waals surface area contributed by atoms with E-state index in [1.165, 1.54) is 0 Å². The number of piperidine rings is 1. The summed E-state index contributed by atoms with van der Waals surface area (Å²) < 4.78 is 5.58. The van der Waals surface area contributed by atoms with Crippen molar-refractivity contribution in [1.29, 1.82) is 0 Å². The Labute approximate surface area is 172 Å². The summed E-state index contributed by atoms with van der Waals surface area (Å²) in [6.45, 7) is 4.24. The van der Waals surface area contributed by atoms with E-state index in [0.717, 1.165) is 16.8 Å². The molecule has 6 nitrogen and oxygen atoms in total. The average Bonchev–Trinajstić information content (AvgIpc) is 2.74. The number of ether oxygens (including phenoxy) is 1. The number of benzene rings is 2. The SMILES string of the molecule is COc1ccccc1C1C(C(=O)N[C@@H](C)CN)CCC(=O)N1c1ccc(C)cc1. The second-order valence-corrected chi connectivity index (χ2v) is 7.58. The van der Waals surface area contributed by atoms with Gasteiger partial charge in [0.05, 0.1) is 19.1 Å². The van der Waals surface area contributed by atoms with E-state index in [0.29, 0.717) is 25.1 Å². The molecule has 1 saturated heterocycles. The highest BCUT2D eigenvalue weighted by Gasteiger charge is 2.42. The van der Waals surface area contributed by atoms with Crippen molar-refractivity contribution in [3.8, 4) is 5.75 Å². The van der Waals surface area contributed by atoms with Crippen LogP contribution in [0.4, 0.5) is 5.69 Å². The van der Waals surface area contributed by atoms with Crippen LogP contribution in [0.1, 0.15) is 36.9 Å². The molecule has 154 valence electrons. The Kier molecular flexibility index (Phi) is 6.54. The van der Waals surface area contributed by atoms with E-state index < -0.39 is 12.0 Å². The molecule has 0 radical (unpaired) electrons. The first-order valence-corrected chi connectivity index (χ1v) is 9.98. The molecule has 1 fully saturated rings. The van der Waals surface area contributed by atoms with Gasteiger partial charge in [-0.3, -0.25) is 9.59 Å². The van der Waals surface area contributed by atoms with E-state index in [9.17, 15) is 9.59 Å².